The first-order valence-electron chi connectivity index (χ1n) is 12.0. The van der Waals surface area contributed by atoms with Crippen LogP contribution in [0.4, 0.5) is 0 Å². The van der Waals surface area contributed by atoms with E-state index in [0.717, 1.165) is 0 Å². The van der Waals surface area contributed by atoms with Crippen molar-refractivity contribution in [3.63, 3.8) is 0 Å². The lowest BCUT2D eigenvalue weighted by atomic mass is 9.61. The van der Waals surface area contributed by atoms with Crippen molar-refractivity contribution in [1.29, 1.82) is 0 Å². The van der Waals surface area contributed by atoms with Gasteiger partial charge in [-0.3, -0.25) is 9.59 Å². The molecule has 1 saturated carbocycles. The normalized spacial score (nSPS) is 26.4. The van der Waals surface area contributed by atoms with Gasteiger partial charge in [0.15, 0.2) is 11.5 Å². The zero-order valence-electron chi connectivity index (χ0n) is 20.1. The average Bonchev–Trinajstić information content (AvgIpc) is 3.29. The molecular formula is C27H29NO7. The lowest BCUT2D eigenvalue weighted by Gasteiger charge is -2.50. The minimum Gasteiger partial charge on any atom is -0.493 e. The fourth-order valence-electron chi connectivity index (χ4n) is 6.20. The zero-order valence-corrected chi connectivity index (χ0v) is 20.1. The highest BCUT2D eigenvalue weighted by Crippen LogP contribution is 2.59. The molecule has 0 bridgehead atoms. The molecule has 8 nitrogen and oxygen atoms in total. The van der Waals surface area contributed by atoms with Crippen LogP contribution in [0.1, 0.15) is 58.4 Å². The number of amides is 1. The molecule has 0 radical (unpaired) electrons. The standard InChI is InChI=1S/C27H29NO7/c1-4-34-26(31)27-13-12-18(35-25(30)16-8-6-5-7-9-16)21-20-17(10-11-19(32-2)22(20)33-3)24(29)28(15-14-27)23(21)27/h5-11,18,21,23H,4,12-15H2,1-3H3/t18-,21-,23+,27-/m0/s1. The summed E-state index contributed by atoms with van der Waals surface area (Å²) >= 11 is 0. The van der Waals surface area contributed by atoms with Crippen LogP contribution in [0, 0.1) is 5.41 Å². The van der Waals surface area contributed by atoms with Crippen molar-refractivity contribution in [3.8, 4) is 11.5 Å². The molecule has 0 aromatic heterocycles. The smallest absolute Gasteiger partial charge is 0.338 e. The molecule has 2 fully saturated rings. The summed E-state index contributed by atoms with van der Waals surface area (Å²) in [5.41, 5.74) is 0.686. The number of fused-ring (bicyclic) bond motifs is 2. The van der Waals surface area contributed by atoms with Gasteiger partial charge in [0.25, 0.3) is 5.91 Å². The van der Waals surface area contributed by atoms with Gasteiger partial charge in [0, 0.05) is 23.6 Å². The van der Waals surface area contributed by atoms with Gasteiger partial charge >= 0.3 is 11.9 Å². The van der Waals surface area contributed by atoms with Gasteiger partial charge in [0.2, 0.25) is 0 Å². The highest BCUT2D eigenvalue weighted by atomic mass is 16.5. The Morgan fingerprint density at radius 1 is 1.06 bits per heavy atom. The van der Waals surface area contributed by atoms with E-state index < -0.39 is 29.4 Å². The predicted molar refractivity (Wildman–Crippen MR) is 126 cm³/mol. The fraction of sp³-hybridized carbons (Fsp3) is 0.444. The van der Waals surface area contributed by atoms with E-state index in [1.165, 1.54) is 14.2 Å². The quantitative estimate of drug-likeness (QED) is 0.585. The Labute approximate surface area is 204 Å². The maximum absolute atomic E-state index is 13.6. The number of rotatable bonds is 6. The molecule has 2 aliphatic heterocycles. The molecule has 0 spiro atoms. The first kappa shape index (κ1) is 23.2. The summed E-state index contributed by atoms with van der Waals surface area (Å²) in [7, 11) is 3.06. The van der Waals surface area contributed by atoms with Crippen molar-refractivity contribution < 1.29 is 33.3 Å². The van der Waals surface area contributed by atoms with E-state index in [2.05, 4.69) is 0 Å². The highest BCUT2D eigenvalue weighted by Gasteiger charge is 2.65. The van der Waals surface area contributed by atoms with Crippen molar-refractivity contribution in [1.82, 2.24) is 4.90 Å². The molecule has 0 unspecified atom stereocenters. The van der Waals surface area contributed by atoms with Gasteiger partial charge in [-0.05, 0) is 50.5 Å². The van der Waals surface area contributed by atoms with Crippen LogP contribution in [0.15, 0.2) is 42.5 Å². The summed E-state index contributed by atoms with van der Waals surface area (Å²) in [5.74, 6) is -0.474. The van der Waals surface area contributed by atoms with E-state index in [1.807, 2.05) is 6.07 Å². The van der Waals surface area contributed by atoms with Gasteiger partial charge in [0.1, 0.15) is 6.10 Å². The summed E-state index contributed by atoms with van der Waals surface area (Å²) in [6.45, 7) is 2.47. The maximum Gasteiger partial charge on any atom is 0.338 e. The molecule has 1 saturated heterocycles. The number of esters is 2. The average molecular weight is 480 g/mol. The molecule has 1 amide bonds. The molecule has 2 heterocycles. The van der Waals surface area contributed by atoms with E-state index in [-0.39, 0.29) is 18.5 Å². The number of hydrogen-bond acceptors (Lipinski definition) is 7. The fourth-order valence-corrected chi connectivity index (χ4v) is 6.20. The lowest BCUT2D eigenvalue weighted by molar-refractivity contribution is -0.161. The Kier molecular flexibility index (Phi) is 5.91. The number of hydrogen-bond donors (Lipinski definition) is 0. The topological polar surface area (TPSA) is 91.4 Å². The molecule has 1 aliphatic carbocycles. The Hall–Kier alpha value is -3.55. The molecule has 0 N–H and O–H groups in total. The molecule has 5 rings (SSSR count). The van der Waals surface area contributed by atoms with Crippen LogP contribution in [0.25, 0.3) is 0 Å². The SMILES string of the molecule is CCOC(=O)[C@@]12CC[C@H](OC(=O)c3ccccc3)[C@H]3c4c(ccc(OC)c4OC)C(=O)N(CC1)[C@H]32. The predicted octanol–water partition coefficient (Wildman–Crippen LogP) is 3.58. The highest BCUT2D eigenvalue weighted by molar-refractivity contribution is 6.00. The van der Waals surface area contributed by atoms with E-state index in [0.29, 0.717) is 54.0 Å². The monoisotopic (exact) mass is 479 g/mol. The number of benzene rings is 2. The van der Waals surface area contributed by atoms with Crippen molar-refractivity contribution >= 4 is 17.8 Å². The van der Waals surface area contributed by atoms with Gasteiger partial charge in [-0.15, -0.1) is 0 Å². The molecule has 2 aromatic carbocycles. The second-order valence-corrected chi connectivity index (χ2v) is 9.21. The largest absolute Gasteiger partial charge is 0.493 e. The number of carbonyl (C=O) groups is 3. The van der Waals surface area contributed by atoms with Crippen LogP contribution < -0.4 is 9.47 Å². The van der Waals surface area contributed by atoms with Crippen LogP contribution >= 0.6 is 0 Å². The minimum atomic E-state index is -0.863. The van der Waals surface area contributed by atoms with Crippen LogP contribution in [0.5, 0.6) is 11.5 Å². The second kappa shape index (κ2) is 8.91. The third kappa shape index (κ3) is 3.46. The number of methoxy groups -OCH3 is 2. The summed E-state index contributed by atoms with van der Waals surface area (Å²) in [4.78, 5) is 41.8. The van der Waals surface area contributed by atoms with E-state index in [1.54, 1.807) is 48.2 Å². The zero-order chi connectivity index (χ0) is 24.7. The van der Waals surface area contributed by atoms with E-state index in [4.69, 9.17) is 18.9 Å². The Bertz CT molecular complexity index is 1160. The Balaban J connectivity index is 1.66. The lowest BCUT2D eigenvalue weighted by Crippen LogP contribution is -2.59. The second-order valence-electron chi connectivity index (χ2n) is 9.21. The van der Waals surface area contributed by atoms with E-state index >= 15 is 0 Å². The van der Waals surface area contributed by atoms with Crippen molar-refractivity contribution in [3.05, 3.63) is 59.2 Å². The third-order valence-corrected chi connectivity index (χ3v) is 7.67. The molecule has 8 heteroatoms. The third-order valence-electron chi connectivity index (χ3n) is 7.67. The van der Waals surface area contributed by atoms with Gasteiger partial charge in [-0.25, -0.2) is 4.79 Å². The van der Waals surface area contributed by atoms with Gasteiger partial charge in [0.05, 0.1) is 37.8 Å². The number of nitrogens with zero attached hydrogens (tertiary/aromatic N) is 1. The number of ether oxygens (including phenoxy) is 4. The first-order valence-corrected chi connectivity index (χ1v) is 12.0. The van der Waals surface area contributed by atoms with Crippen LogP contribution in [-0.4, -0.2) is 62.3 Å². The van der Waals surface area contributed by atoms with Crippen LogP contribution in [0.2, 0.25) is 0 Å². The summed E-state index contributed by atoms with van der Waals surface area (Å²) in [6.07, 6.45) is 0.862. The number of carbonyl (C=O) groups excluding carboxylic acids is 3. The van der Waals surface area contributed by atoms with Crippen LogP contribution in [-0.2, 0) is 14.3 Å². The summed E-state index contributed by atoms with van der Waals surface area (Å²) < 4.78 is 22.9. The molecule has 35 heavy (non-hydrogen) atoms. The van der Waals surface area contributed by atoms with Crippen molar-refractivity contribution in [2.75, 3.05) is 27.4 Å². The van der Waals surface area contributed by atoms with Gasteiger partial charge in [-0.2, -0.15) is 0 Å². The first-order chi connectivity index (χ1) is 17.0. The maximum atomic E-state index is 13.6. The van der Waals surface area contributed by atoms with E-state index in [9.17, 15) is 14.4 Å². The van der Waals surface area contributed by atoms with Gasteiger partial charge < -0.3 is 23.8 Å². The summed E-state index contributed by atoms with van der Waals surface area (Å²) in [5, 5.41) is 0. The van der Waals surface area contributed by atoms with Crippen molar-refractivity contribution in [2.24, 2.45) is 5.41 Å². The molecular weight excluding hydrogens is 450 g/mol. The van der Waals surface area contributed by atoms with Crippen LogP contribution in [0.3, 0.4) is 0 Å². The summed E-state index contributed by atoms with van der Waals surface area (Å²) in [6, 6.07) is 11.7. The molecule has 4 atom stereocenters. The molecule has 3 aliphatic rings. The Morgan fingerprint density at radius 3 is 2.51 bits per heavy atom. The molecule has 184 valence electrons. The van der Waals surface area contributed by atoms with Gasteiger partial charge in [-0.1, -0.05) is 18.2 Å². The van der Waals surface area contributed by atoms with Crippen molar-refractivity contribution in [2.45, 2.75) is 44.2 Å². The molecule has 2 aromatic rings. The Morgan fingerprint density at radius 2 is 1.83 bits per heavy atom. The minimum absolute atomic E-state index is 0.164.